The highest BCUT2D eigenvalue weighted by Crippen LogP contribution is 2.31. The molecule has 0 aromatic heterocycles. The van der Waals surface area contributed by atoms with E-state index in [4.69, 9.17) is 9.47 Å². The molecule has 1 aliphatic heterocycles. The van der Waals surface area contributed by atoms with Gasteiger partial charge in [-0.25, -0.2) is 14.0 Å². The van der Waals surface area contributed by atoms with E-state index in [0.29, 0.717) is 0 Å². The van der Waals surface area contributed by atoms with Gasteiger partial charge in [0.05, 0.1) is 37.7 Å². The molecule has 0 saturated carbocycles. The molecule has 1 aliphatic rings. The Morgan fingerprint density at radius 2 is 1.96 bits per heavy atom. The number of nitrogens with zero attached hydrogens (tertiary/aromatic N) is 2. The van der Waals surface area contributed by atoms with Crippen molar-refractivity contribution < 1.29 is 28.2 Å². The summed E-state index contributed by atoms with van der Waals surface area (Å²) in [5.74, 6) is -2.15. The van der Waals surface area contributed by atoms with Crippen molar-refractivity contribution in [2.24, 2.45) is 0 Å². The lowest BCUT2D eigenvalue weighted by atomic mass is 10.1. The molecule has 126 valence electrons. The summed E-state index contributed by atoms with van der Waals surface area (Å²) in [7, 11) is 2.31. The van der Waals surface area contributed by atoms with Gasteiger partial charge in [0.1, 0.15) is 24.3 Å². The topological polar surface area (TPSA) is 88.9 Å². The Labute approximate surface area is 137 Å². The summed E-state index contributed by atoms with van der Waals surface area (Å²) < 4.78 is 28.6. The fourth-order valence-electron chi connectivity index (χ4n) is 2.32. The van der Waals surface area contributed by atoms with Gasteiger partial charge in [-0.2, -0.15) is 5.26 Å². The number of carbonyl (C=O) groups is 2. The second-order valence-electron chi connectivity index (χ2n) is 4.95. The molecule has 24 heavy (non-hydrogen) atoms. The van der Waals surface area contributed by atoms with E-state index in [1.807, 2.05) is 6.07 Å². The molecule has 0 saturated heterocycles. The third-order valence-corrected chi connectivity index (χ3v) is 3.52. The lowest BCUT2D eigenvalue weighted by molar-refractivity contribution is -0.140. The van der Waals surface area contributed by atoms with Crippen LogP contribution in [0.25, 0.3) is 0 Å². The molecule has 0 fully saturated rings. The number of ether oxygens (including phenoxy) is 3. The number of rotatable bonds is 3. The van der Waals surface area contributed by atoms with Crippen molar-refractivity contribution in [3.8, 4) is 6.07 Å². The molecule has 0 atom stereocenters. The van der Waals surface area contributed by atoms with Gasteiger partial charge in [0.25, 0.3) is 0 Å². The monoisotopic (exact) mass is 334 g/mol. The lowest BCUT2D eigenvalue weighted by Crippen LogP contribution is -2.39. The summed E-state index contributed by atoms with van der Waals surface area (Å²) in [6, 6.07) is 4.41. The van der Waals surface area contributed by atoms with Gasteiger partial charge in [0.2, 0.25) is 0 Å². The third-order valence-electron chi connectivity index (χ3n) is 3.52. The van der Waals surface area contributed by atoms with Crippen LogP contribution >= 0.6 is 0 Å². The number of aryl methyl sites for hydroxylation is 1. The molecule has 0 unspecified atom stereocenters. The highest BCUT2D eigenvalue weighted by molar-refractivity contribution is 6.03. The zero-order valence-corrected chi connectivity index (χ0v) is 13.4. The van der Waals surface area contributed by atoms with Crippen LogP contribution in [0.1, 0.15) is 11.1 Å². The van der Waals surface area contributed by atoms with Crippen molar-refractivity contribution in [3.05, 3.63) is 40.3 Å². The Hall–Kier alpha value is -2.92. The molecule has 0 spiro atoms. The van der Waals surface area contributed by atoms with Gasteiger partial charge in [-0.05, 0) is 24.6 Å². The van der Waals surface area contributed by atoms with Crippen LogP contribution in [0.15, 0.2) is 23.4 Å². The first kappa shape index (κ1) is 17.4. The van der Waals surface area contributed by atoms with E-state index in [2.05, 4.69) is 4.74 Å². The Morgan fingerprint density at radius 1 is 1.29 bits per heavy atom. The molecule has 1 heterocycles. The van der Waals surface area contributed by atoms with Crippen molar-refractivity contribution >= 4 is 17.6 Å². The second kappa shape index (κ2) is 7.10. The molecular formula is C16H15FN2O5. The Bertz CT molecular complexity index is 766. The molecule has 0 radical (unpaired) electrons. The zero-order valence-electron chi connectivity index (χ0n) is 13.4. The molecule has 0 aliphatic carbocycles. The lowest BCUT2D eigenvalue weighted by Gasteiger charge is -2.31. The van der Waals surface area contributed by atoms with Crippen LogP contribution in [-0.2, 0) is 23.8 Å². The first-order chi connectivity index (χ1) is 11.4. The maximum Gasteiger partial charge on any atom is 0.355 e. The first-order valence-corrected chi connectivity index (χ1v) is 6.89. The number of methoxy groups -OCH3 is 2. The highest BCUT2D eigenvalue weighted by atomic mass is 19.1. The van der Waals surface area contributed by atoms with Crippen LogP contribution in [0.4, 0.5) is 10.1 Å². The number of halogens is 1. The minimum Gasteiger partial charge on any atom is -0.466 e. The van der Waals surface area contributed by atoms with Crippen LogP contribution in [0.2, 0.25) is 0 Å². The van der Waals surface area contributed by atoms with Gasteiger partial charge >= 0.3 is 11.9 Å². The predicted octanol–water partition coefficient (Wildman–Crippen LogP) is 1.40. The normalized spacial score (nSPS) is 14.2. The Morgan fingerprint density at radius 3 is 2.54 bits per heavy atom. The number of benzene rings is 1. The summed E-state index contributed by atoms with van der Waals surface area (Å²) in [6.45, 7) is 1.20. The van der Waals surface area contributed by atoms with E-state index >= 15 is 0 Å². The minimum absolute atomic E-state index is 0.0690. The fraction of sp³-hybridized carbons (Fsp3) is 0.312. The van der Waals surface area contributed by atoms with Gasteiger partial charge in [-0.15, -0.1) is 0 Å². The Kier molecular flexibility index (Phi) is 5.16. The summed E-state index contributed by atoms with van der Waals surface area (Å²) >= 11 is 0. The van der Waals surface area contributed by atoms with Gasteiger partial charge in [0, 0.05) is 0 Å². The van der Waals surface area contributed by atoms with Crippen LogP contribution in [0.3, 0.4) is 0 Å². The van der Waals surface area contributed by atoms with Crippen LogP contribution < -0.4 is 4.90 Å². The van der Waals surface area contributed by atoms with Crippen molar-refractivity contribution in [2.45, 2.75) is 6.92 Å². The van der Waals surface area contributed by atoms with E-state index in [-0.39, 0.29) is 41.4 Å². The van der Waals surface area contributed by atoms with Gasteiger partial charge in [-0.1, -0.05) is 0 Å². The van der Waals surface area contributed by atoms with E-state index in [0.717, 1.165) is 20.3 Å². The summed E-state index contributed by atoms with van der Waals surface area (Å²) in [5.41, 5.74) is 0.299. The van der Waals surface area contributed by atoms with Gasteiger partial charge in [0.15, 0.2) is 0 Å². The number of hydrogen-bond acceptors (Lipinski definition) is 7. The zero-order chi connectivity index (χ0) is 17.9. The molecule has 8 heteroatoms. The molecule has 0 N–H and O–H groups in total. The van der Waals surface area contributed by atoms with E-state index in [9.17, 15) is 19.2 Å². The van der Waals surface area contributed by atoms with Crippen molar-refractivity contribution in [1.82, 2.24) is 0 Å². The number of hydrogen-bond donors (Lipinski definition) is 0. The van der Waals surface area contributed by atoms with Crippen LogP contribution in [0.5, 0.6) is 0 Å². The maximum absolute atomic E-state index is 14.0. The van der Waals surface area contributed by atoms with Gasteiger partial charge < -0.3 is 19.1 Å². The van der Waals surface area contributed by atoms with E-state index < -0.39 is 17.8 Å². The fourth-order valence-corrected chi connectivity index (χ4v) is 2.32. The average molecular weight is 334 g/mol. The standard InChI is InChI=1S/C16H15FN2O5/c1-9-4-10(6-18)13(5-12(9)17)19-8-24-7-11(15(20)22-2)14(19)16(21)23-3/h4-5H,7-8H2,1-3H3. The largest absolute Gasteiger partial charge is 0.466 e. The second-order valence-corrected chi connectivity index (χ2v) is 4.95. The quantitative estimate of drug-likeness (QED) is 0.772. The third kappa shape index (κ3) is 3.07. The van der Waals surface area contributed by atoms with Crippen molar-refractivity contribution in [1.29, 1.82) is 5.26 Å². The number of carbonyl (C=O) groups excluding carboxylic acids is 2. The summed E-state index contributed by atoms with van der Waals surface area (Å²) in [5, 5.41) is 9.30. The van der Waals surface area contributed by atoms with Crippen molar-refractivity contribution in [2.75, 3.05) is 32.5 Å². The molecule has 7 nitrogen and oxygen atoms in total. The molecule has 1 aromatic rings. The Balaban J connectivity index is 2.68. The molecule has 0 amide bonds. The van der Waals surface area contributed by atoms with Crippen LogP contribution in [-0.4, -0.2) is 39.5 Å². The number of anilines is 1. The smallest absolute Gasteiger partial charge is 0.355 e. The average Bonchev–Trinajstić information content (AvgIpc) is 2.61. The van der Waals surface area contributed by atoms with E-state index in [1.165, 1.54) is 17.9 Å². The molecule has 2 rings (SSSR count). The van der Waals surface area contributed by atoms with Crippen LogP contribution in [0, 0.1) is 24.1 Å². The molecular weight excluding hydrogens is 319 g/mol. The van der Waals surface area contributed by atoms with E-state index in [1.54, 1.807) is 0 Å². The van der Waals surface area contributed by atoms with Gasteiger partial charge in [-0.3, -0.25) is 0 Å². The maximum atomic E-state index is 14.0. The first-order valence-electron chi connectivity index (χ1n) is 6.89. The molecule has 0 bridgehead atoms. The summed E-state index contributed by atoms with van der Waals surface area (Å²) in [4.78, 5) is 25.3. The molecule has 1 aromatic carbocycles. The SMILES string of the molecule is COC(=O)C1=C(C(=O)OC)N(c2cc(F)c(C)cc2C#N)COC1. The highest BCUT2D eigenvalue weighted by Gasteiger charge is 2.33. The summed E-state index contributed by atoms with van der Waals surface area (Å²) in [6.07, 6.45) is 0. The number of nitriles is 1. The minimum atomic E-state index is -0.816. The number of esters is 2. The predicted molar refractivity (Wildman–Crippen MR) is 80.2 cm³/mol. The van der Waals surface area contributed by atoms with Crippen molar-refractivity contribution in [3.63, 3.8) is 0 Å².